The molecule has 2 aromatic heterocycles. The Hall–Kier alpha value is -2.69. The summed E-state index contributed by atoms with van der Waals surface area (Å²) in [6.07, 6.45) is 3.84. The first-order valence-electron chi connectivity index (χ1n) is 6.35. The fourth-order valence-electron chi connectivity index (χ4n) is 2.34. The van der Waals surface area contributed by atoms with Crippen molar-refractivity contribution in [3.8, 4) is 22.8 Å². The molecule has 1 aromatic carbocycles. The van der Waals surface area contributed by atoms with Crippen LogP contribution in [0.4, 0.5) is 5.69 Å². The predicted octanol–water partition coefficient (Wildman–Crippen LogP) is 2.62. The molecule has 1 aliphatic rings. The van der Waals surface area contributed by atoms with Crippen molar-refractivity contribution < 1.29 is 9.47 Å². The molecule has 4 rings (SSSR count). The molecular formula is C15H13N3O2. The highest BCUT2D eigenvalue weighted by Gasteiger charge is 2.15. The average Bonchev–Trinajstić information content (AvgIpc) is 3.04. The topological polar surface area (TPSA) is 61.8 Å². The van der Waals surface area contributed by atoms with Gasteiger partial charge in [0.25, 0.3) is 0 Å². The largest absolute Gasteiger partial charge is 0.454 e. The second-order valence-corrected chi connectivity index (χ2v) is 4.87. The molecule has 0 unspecified atom stereocenters. The van der Waals surface area contributed by atoms with Gasteiger partial charge in [0.15, 0.2) is 11.5 Å². The Bertz CT molecular complexity index is 784. The third-order valence-electron chi connectivity index (χ3n) is 3.51. The Morgan fingerprint density at radius 3 is 2.90 bits per heavy atom. The number of pyridine rings is 1. The molecular weight excluding hydrogens is 254 g/mol. The van der Waals surface area contributed by atoms with E-state index >= 15 is 0 Å². The lowest BCUT2D eigenvalue weighted by Gasteiger charge is -1.99. The first kappa shape index (κ1) is 11.2. The zero-order chi connectivity index (χ0) is 13.7. The summed E-state index contributed by atoms with van der Waals surface area (Å²) < 4.78 is 12.6. The monoisotopic (exact) mass is 267 g/mol. The summed E-state index contributed by atoms with van der Waals surface area (Å²) in [4.78, 5) is 4.62. The zero-order valence-electron chi connectivity index (χ0n) is 11.0. The van der Waals surface area contributed by atoms with E-state index < -0.39 is 0 Å². The van der Waals surface area contributed by atoms with E-state index in [0.717, 1.165) is 39.7 Å². The van der Waals surface area contributed by atoms with Crippen LogP contribution in [0.25, 0.3) is 16.9 Å². The minimum atomic E-state index is 0.277. The number of benzene rings is 1. The van der Waals surface area contributed by atoms with Crippen molar-refractivity contribution in [2.45, 2.75) is 6.92 Å². The van der Waals surface area contributed by atoms with Crippen LogP contribution in [0.2, 0.25) is 0 Å². The van der Waals surface area contributed by atoms with Gasteiger partial charge in [0.05, 0.1) is 11.4 Å². The summed E-state index contributed by atoms with van der Waals surface area (Å²) in [6.45, 7) is 2.25. The van der Waals surface area contributed by atoms with Crippen LogP contribution in [0.1, 0.15) is 5.56 Å². The van der Waals surface area contributed by atoms with Crippen LogP contribution in [0.3, 0.4) is 0 Å². The van der Waals surface area contributed by atoms with Crippen LogP contribution < -0.4 is 15.2 Å². The Morgan fingerprint density at radius 1 is 1.15 bits per heavy atom. The van der Waals surface area contributed by atoms with Crippen molar-refractivity contribution in [3.05, 3.63) is 42.2 Å². The molecule has 1 aliphatic heterocycles. The number of nitrogen functional groups attached to an aromatic ring is 1. The molecule has 2 N–H and O–H groups in total. The third-order valence-corrected chi connectivity index (χ3v) is 3.51. The summed E-state index contributed by atoms with van der Waals surface area (Å²) in [5.74, 6) is 1.54. The van der Waals surface area contributed by atoms with Crippen molar-refractivity contribution in [1.29, 1.82) is 0 Å². The molecule has 0 saturated heterocycles. The van der Waals surface area contributed by atoms with Gasteiger partial charge in [-0.25, -0.2) is 4.98 Å². The second kappa shape index (κ2) is 3.90. The van der Waals surface area contributed by atoms with Gasteiger partial charge in [-0.1, -0.05) is 0 Å². The molecule has 5 nitrogen and oxygen atoms in total. The van der Waals surface area contributed by atoms with Crippen LogP contribution in [-0.2, 0) is 0 Å². The molecule has 0 atom stereocenters. The number of aryl methyl sites for hydroxylation is 1. The van der Waals surface area contributed by atoms with Gasteiger partial charge in [0.2, 0.25) is 6.79 Å². The maximum Gasteiger partial charge on any atom is 0.231 e. The Morgan fingerprint density at radius 2 is 2.00 bits per heavy atom. The number of hydrogen-bond acceptors (Lipinski definition) is 4. The smallest absolute Gasteiger partial charge is 0.231 e. The maximum atomic E-state index is 5.92. The fraction of sp³-hybridized carbons (Fsp3) is 0.133. The van der Waals surface area contributed by atoms with Crippen LogP contribution in [0, 0.1) is 6.92 Å². The molecule has 0 saturated carbocycles. The molecule has 3 heterocycles. The van der Waals surface area contributed by atoms with Gasteiger partial charge in [-0.3, -0.25) is 0 Å². The average molecular weight is 267 g/mol. The van der Waals surface area contributed by atoms with E-state index in [2.05, 4.69) is 4.98 Å². The van der Waals surface area contributed by atoms with Gasteiger partial charge in [-0.2, -0.15) is 0 Å². The van der Waals surface area contributed by atoms with Crippen LogP contribution >= 0.6 is 0 Å². The number of anilines is 1. The van der Waals surface area contributed by atoms with Gasteiger partial charge in [0.1, 0.15) is 5.65 Å². The number of fused-ring (bicyclic) bond motifs is 2. The highest BCUT2D eigenvalue weighted by molar-refractivity contribution is 5.67. The molecule has 3 aromatic rings. The number of ether oxygens (including phenoxy) is 2. The van der Waals surface area contributed by atoms with Crippen LogP contribution in [-0.4, -0.2) is 16.2 Å². The number of imidazole rings is 1. The van der Waals surface area contributed by atoms with E-state index in [4.69, 9.17) is 15.2 Å². The van der Waals surface area contributed by atoms with Gasteiger partial charge in [-0.05, 0) is 36.8 Å². The number of aromatic nitrogens is 2. The molecule has 0 radical (unpaired) electrons. The van der Waals surface area contributed by atoms with Crippen LogP contribution in [0.15, 0.2) is 36.7 Å². The quantitative estimate of drug-likeness (QED) is 0.736. The lowest BCUT2D eigenvalue weighted by atomic mass is 10.1. The lowest BCUT2D eigenvalue weighted by Crippen LogP contribution is -1.93. The normalized spacial score (nSPS) is 13.1. The summed E-state index contributed by atoms with van der Waals surface area (Å²) in [5, 5.41) is 0. The molecule has 0 aliphatic carbocycles. The Labute approximate surface area is 115 Å². The van der Waals surface area contributed by atoms with Gasteiger partial charge in [0, 0.05) is 18.0 Å². The number of hydrogen-bond donors (Lipinski definition) is 1. The minimum Gasteiger partial charge on any atom is -0.454 e. The van der Waals surface area contributed by atoms with E-state index in [9.17, 15) is 0 Å². The fourth-order valence-corrected chi connectivity index (χ4v) is 2.34. The first-order chi connectivity index (χ1) is 9.70. The SMILES string of the molecule is Cc1cc2nc(-c3ccc4c(c3)OCO4)cn2cc1N. The third kappa shape index (κ3) is 1.60. The Kier molecular flexibility index (Phi) is 2.18. The zero-order valence-corrected chi connectivity index (χ0v) is 11.0. The van der Waals surface area contributed by atoms with E-state index in [1.165, 1.54) is 0 Å². The molecule has 0 bridgehead atoms. The first-order valence-corrected chi connectivity index (χ1v) is 6.35. The maximum absolute atomic E-state index is 5.92. The van der Waals surface area contributed by atoms with Gasteiger partial charge < -0.3 is 19.6 Å². The summed E-state index contributed by atoms with van der Waals surface area (Å²) >= 11 is 0. The summed E-state index contributed by atoms with van der Waals surface area (Å²) in [6, 6.07) is 7.80. The van der Waals surface area contributed by atoms with E-state index in [1.807, 2.05) is 48.0 Å². The summed E-state index contributed by atoms with van der Waals surface area (Å²) in [7, 11) is 0. The Balaban J connectivity index is 1.86. The number of nitrogens with two attached hydrogens (primary N) is 1. The predicted molar refractivity (Wildman–Crippen MR) is 75.9 cm³/mol. The molecule has 20 heavy (non-hydrogen) atoms. The van der Waals surface area contributed by atoms with Crippen molar-refractivity contribution >= 4 is 11.3 Å². The highest BCUT2D eigenvalue weighted by Crippen LogP contribution is 2.35. The second-order valence-electron chi connectivity index (χ2n) is 4.87. The lowest BCUT2D eigenvalue weighted by molar-refractivity contribution is 0.174. The molecule has 0 spiro atoms. The van der Waals surface area contributed by atoms with Crippen molar-refractivity contribution in [2.24, 2.45) is 0 Å². The summed E-state index contributed by atoms with van der Waals surface area (Å²) in [5.41, 5.74) is 10.5. The van der Waals surface area contributed by atoms with E-state index in [1.54, 1.807) is 0 Å². The highest BCUT2D eigenvalue weighted by atomic mass is 16.7. The minimum absolute atomic E-state index is 0.277. The van der Waals surface area contributed by atoms with Crippen LogP contribution in [0.5, 0.6) is 11.5 Å². The van der Waals surface area contributed by atoms with Crippen molar-refractivity contribution in [2.75, 3.05) is 12.5 Å². The standard InChI is InChI=1S/C15H13N3O2/c1-9-4-15-17-12(7-18(15)6-11(9)16)10-2-3-13-14(5-10)20-8-19-13/h2-7H,8,16H2,1H3. The molecule has 100 valence electrons. The van der Waals surface area contributed by atoms with Gasteiger partial charge in [-0.15, -0.1) is 0 Å². The van der Waals surface area contributed by atoms with Gasteiger partial charge >= 0.3 is 0 Å². The van der Waals surface area contributed by atoms with E-state index in [0.29, 0.717) is 0 Å². The van der Waals surface area contributed by atoms with Crippen molar-refractivity contribution in [3.63, 3.8) is 0 Å². The van der Waals surface area contributed by atoms with Crippen molar-refractivity contribution in [1.82, 2.24) is 9.38 Å². The van der Waals surface area contributed by atoms with E-state index in [-0.39, 0.29) is 6.79 Å². The number of rotatable bonds is 1. The number of nitrogens with zero attached hydrogens (tertiary/aromatic N) is 2. The molecule has 5 heteroatoms. The molecule has 0 fully saturated rings. The molecule has 0 amide bonds.